The number of hydrogen-bond donors (Lipinski definition) is 3. The molecule has 0 aliphatic heterocycles. The number of aryl methyl sites for hydroxylation is 1. The van der Waals surface area contributed by atoms with Crippen molar-refractivity contribution in [2.75, 3.05) is 13.1 Å². The molecule has 0 bridgehead atoms. The van der Waals surface area contributed by atoms with E-state index in [1.807, 2.05) is 0 Å². The Balaban J connectivity index is 2.63. The van der Waals surface area contributed by atoms with E-state index in [0.717, 1.165) is 6.07 Å². The summed E-state index contributed by atoms with van der Waals surface area (Å²) in [6.45, 7) is -0.556. The number of carboxylic acid groups (broad SMARTS) is 1. The van der Waals surface area contributed by atoms with Gasteiger partial charge in [-0.25, -0.2) is 4.79 Å². The number of alkyl halides is 3. The van der Waals surface area contributed by atoms with Crippen molar-refractivity contribution in [2.24, 2.45) is 0 Å². The van der Waals surface area contributed by atoms with Gasteiger partial charge in [-0.2, -0.15) is 13.2 Å². The van der Waals surface area contributed by atoms with Crippen LogP contribution in [0.5, 0.6) is 0 Å². The van der Waals surface area contributed by atoms with E-state index in [9.17, 15) is 27.6 Å². The summed E-state index contributed by atoms with van der Waals surface area (Å²) >= 11 is 0. The molecule has 6 nitrogen and oxygen atoms in total. The van der Waals surface area contributed by atoms with Gasteiger partial charge in [-0.3, -0.25) is 9.59 Å². The Labute approximate surface area is 123 Å². The Hall–Kier alpha value is -2.58. The van der Waals surface area contributed by atoms with Crippen molar-refractivity contribution in [3.8, 4) is 0 Å². The Morgan fingerprint density at radius 3 is 2.23 bits per heavy atom. The van der Waals surface area contributed by atoms with E-state index in [4.69, 9.17) is 5.11 Å². The zero-order valence-corrected chi connectivity index (χ0v) is 11.5. The van der Waals surface area contributed by atoms with Crippen LogP contribution < -0.4 is 10.6 Å². The molecule has 0 aromatic heterocycles. The van der Waals surface area contributed by atoms with Crippen LogP contribution in [0, 0.1) is 6.92 Å². The molecule has 0 spiro atoms. The van der Waals surface area contributed by atoms with Crippen molar-refractivity contribution in [3.63, 3.8) is 0 Å². The number of halogens is 3. The van der Waals surface area contributed by atoms with Gasteiger partial charge >= 0.3 is 12.1 Å². The van der Waals surface area contributed by atoms with Crippen molar-refractivity contribution in [1.82, 2.24) is 10.6 Å². The molecule has 0 unspecified atom stereocenters. The molecule has 0 heterocycles. The second-order valence-corrected chi connectivity index (χ2v) is 4.47. The van der Waals surface area contributed by atoms with Crippen LogP contribution in [0.15, 0.2) is 18.2 Å². The Kier molecular flexibility index (Phi) is 5.50. The van der Waals surface area contributed by atoms with Crippen LogP contribution in [0.3, 0.4) is 0 Å². The minimum Gasteiger partial charge on any atom is -0.478 e. The molecule has 1 aromatic rings. The Morgan fingerprint density at radius 2 is 1.68 bits per heavy atom. The summed E-state index contributed by atoms with van der Waals surface area (Å²) in [6.07, 6.45) is -4.54. The molecule has 0 aliphatic carbocycles. The molecule has 0 atom stereocenters. The summed E-state index contributed by atoms with van der Waals surface area (Å²) in [5.74, 6) is -2.98. The quantitative estimate of drug-likeness (QED) is 0.757. The highest BCUT2D eigenvalue weighted by Crippen LogP contribution is 2.12. The highest BCUT2D eigenvalue weighted by atomic mass is 19.4. The third kappa shape index (κ3) is 5.81. The number of amides is 2. The molecule has 3 N–H and O–H groups in total. The molecule has 0 fully saturated rings. The lowest BCUT2D eigenvalue weighted by Gasteiger charge is -2.09. The van der Waals surface area contributed by atoms with E-state index in [1.165, 1.54) is 12.1 Å². The van der Waals surface area contributed by atoms with Crippen molar-refractivity contribution < 1.29 is 32.7 Å². The largest absolute Gasteiger partial charge is 0.478 e. The average molecular weight is 318 g/mol. The van der Waals surface area contributed by atoms with Gasteiger partial charge in [0.05, 0.1) is 12.1 Å². The van der Waals surface area contributed by atoms with Gasteiger partial charge in [0, 0.05) is 5.56 Å². The fourth-order valence-electron chi connectivity index (χ4n) is 1.56. The first-order chi connectivity index (χ1) is 10.1. The third-order valence-electron chi connectivity index (χ3n) is 2.48. The lowest BCUT2D eigenvalue weighted by atomic mass is 10.1. The first-order valence-electron chi connectivity index (χ1n) is 6.05. The summed E-state index contributed by atoms with van der Waals surface area (Å²) in [6, 6.07) is 3.86. The number of rotatable bonds is 5. The predicted octanol–water partition coefficient (Wildman–Crippen LogP) is 1.10. The van der Waals surface area contributed by atoms with Crippen LogP contribution in [0.2, 0.25) is 0 Å². The van der Waals surface area contributed by atoms with Crippen molar-refractivity contribution in [3.05, 3.63) is 34.9 Å². The van der Waals surface area contributed by atoms with Gasteiger partial charge in [0.2, 0.25) is 5.91 Å². The second kappa shape index (κ2) is 6.92. The van der Waals surface area contributed by atoms with Gasteiger partial charge in [-0.1, -0.05) is 0 Å². The molecule has 2 amide bonds. The van der Waals surface area contributed by atoms with Crippen LogP contribution in [-0.4, -0.2) is 42.2 Å². The number of hydrogen-bond acceptors (Lipinski definition) is 3. The summed E-state index contributed by atoms with van der Waals surface area (Å²) in [4.78, 5) is 33.8. The summed E-state index contributed by atoms with van der Waals surface area (Å²) in [5.41, 5.74) is 0.416. The summed E-state index contributed by atoms with van der Waals surface area (Å²) in [5, 5.41) is 12.6. The standard InChI is InChI=1S/C13H13F3N2O4/c1-7-2-8(4-9(3-7)12(21)22)11(20)17-5-10(19)18-6-13(14,15)16/h2-4H,5-6H2,1H3,(H,17,20)(H,18,19)(H,21,22). The summed E-state index contributed by atoms with van der Waals surface area (Å²) < 4.78 is 35.7. The SMILES string of the molecule is Cc1cc(C(=O)O)cc(C(=O)NCC(=O)NCC(F)(F)F)c1. The normalized spacial score (nSPS) is 10.9. The Bertz CT molecular complexity index is 599. The highest BCUT2D eigenvalue weighted by Gasteiger charge is 2.27. The number of nitrogens with one attached hydrogen (secondary N) is 2. The number of carboxylic acids is 1. The van der Waals surface area contributed by atoms with Crippen molar-refractivity contribution in [2.45, 2.75) is 13.1 Å². The maximum absolute atomic E-state index is 11.9. The predicted molar refractivity (Wildman–Crippen MR) is 69.5 cm³/mol. The van der Waals surface area contributed by atoms with Gasteiger partial charge in [0.1, 0.15) is 6.54 Å². The molecule has 0 saturated carbocycles. The number of carbonyl (C=O) groups excluding carboxylic acids is 2. The first kappa shape index (κ1) is 17.5. The molecule has 1 rings (SSSR count). The topological polar surface area (TPSA) is 95.5 Å². The van der Waals surface area contributed by atoms with E-state index in [1.54, 1.807) is 12.2 Å². The van der Waals surface area contributed by atoms with Gasteiger partial charge in [-0.15, -0.1) is 0 Å². The van der Waals surface area contributed by atoms with Gasteiger partial charge in [0.25, 0.3) is 5.91 Å². The molecule has 0 radical (unpaired) electrons. The minimum atomic E-state index is -4.54. The lowest BCUT2D eigenvalue weighted by molar-refractivity contribution is -0.137. The molecular weight excluding hydrogens is 305 g/mol. The van der Waals surface area contributed by atoms with E-state index < -0.39 is 37.0 Å². The fourth-order valence-corrected chi connectivity index (χ4v) is 1.56. The van der Waals surface area contributed by atoms with Crippen molar-refractivity contribution in [1.29, 1.82) is 0 Å². The van der Waals surface area contributed by atoms with Gasteiger partial charge < -0.3 is 15.7 Å². The highest BCUT2D eigenvalue weighted by molar-refractivity contribution is 5.99. The molecule has 1 aromatic carbocycles. The molecular formula is C13H13F3N2O4. The van der Waals surface area contributed by atoms with Crippen LogP contribution in [0.4, 0.5) is 13.2 Å². The van der Waals surface area contributed by atoms with E-state index in [0.29, 0.717) is 5.56 Å². The minimum absolute atomic E-state index is 0.000946. The van der Waals surface area contributed by atoms with E-state index in [2.05, 4.69) is 5.32 Å². The number of aromatic carboxylic acids is 1. The molecule has 0 aliphatic rings. The zero-order chi connectivity index (χ0) is 16.9. The van der Waals surface area contributed by atoms with E-state index >= 15 is 0 Å². The maximum Gasteiger partial charge on any atom is 0.405 e. The smallest absolute Gasteiger partial charge is 0.405 e. The number of benzene rings is 1. The third-order valence-corrected chi connectivity index (χ3v) is 2.48. The lowest BCUT2D eigenvalue weighted by Crippen LogP contribution is -2.40. The van der Waals surface area contributed by atoms with Crippen LogP contribution >= 0.6 is 0 Å². The van der Waals surface area contributed by atoms with Crippen LogP contribution in [0.25, 0.3) is 0 Å². The van der Waals surface area contributed by atoms with Gasteiger partial charge in [-0.05, 0) is 30.7 Å². The Morgan fingerprint density at radius 1 is 1.09 bits per heavy atom. The molecule has 0 saturated heterocycles. The van der Waals surface area contributed by atoms with Gasteiger partial charge in [0.15, 0.2) is 0 Å². The van der Waals surface area contributed by atoms with Crippen LogP contribution in [-0.2, 0) is 4.79 Å². The zero-order valence-electron chi connectivity index (χ0n) is 11.5. The molecule has 22 heavy (non-hydrogen) atoms. The molecule has 9 heteroatoms. The van der Waals surface area contributed by atoms with Crippen molar-refractivity contribution >= 4 is 17.8 Å². The van der Waals surface area contributed by atoms with E-state index in [-0.39, 0.29) is 11.1 Å². The summed E-state index contributed by atoms with van der Waals surface area (Å²) in [7, 11) is 0. The molecule has 120 valence electrons. The monoisotopic (exact) mass is 318 g/mol. The second-order valence-electron chi connectivity index (χ2n) is 4.47. The average Bonchev–Trinajstić information content (AvgIpc) is 2.40. The first-order valence-corrected chi connectivity index (χ1v) is 6.05. The van der Waals surface area contributed by atoms with Crippen LogP contribution in [0.1, 0.15) is 26.3 Å². The number of carbonyl (C=O) groups is 3. The maximum atomic E-state index is 11.9. The fraction of sp³-hybridized carbons (Fsp3) is 0.308.